The lowest BCUT2D eigenvalue weighted by molar-refractivity contribution is -0.140. The van der Waals surface area contributed by atoms with Crippen LogP contribution >= 0.6 is 0 Å². The Morgan fingerprint density at radius 1 is 1.50 bits per heavy atom. The molecule has 3 rings (SSSR count). The largest absolute Gasteiger partial charge is 0.371 e. The van der Waals surface area contributed by atoms with Gasteiger partial charge in [0.15, 0.2) is 6.23 Å². The molecule has 3 aliphatic heterocycles. The minimum absolute atomic E-state index is 0.0242. The molecule has 5 nitrogen and oxygen atoms in total. The summed E-state index contributed by atoms with van der Waals surface area (Å²) in [4.78, 5) is 13.6. The van der Waals surface area contributed by atoms with E-state index in [0.29, 0.717) is 12.0 Å². The average molecular weight is 253 g/mol. The Morgan fingerprint density at radius 2 is 2.17 bits per heavy atom. The molecule has 0 saturated carbocycles. The fourth-order valence-corrected chi connectivity index (χ4v) is 3.61. The number of nitrogens with one attached hydrogen (secondary N) is 1. The molecule has 18 heavy (non-hydrogen) atoms. The van der Waals surface area contributed by atoms with E-state index in [4.69, 9.17) is 4.74 Å². The van der Waals surface area contributed by atoms with E-state index < -0.39 is 17.9 Å². The molecular weight excluding hydrogens is 232 g/mol. The second kappa shape index (κ2) is 3.68. The number of piperidine rings is 1. The van der Waals surface area contributed by atoms with Crippen LogP contribution < -0.4 is 5.32 Å². The molecule has 0 spiro atoms. The number of likely N-dealkylation sites (tertiary alicyclic amines) is 1. The van der Waals surface area contributed by atoms with Gasteiger partial charge in [-0.05, 0) is 26.2 Å². The summed E-state index contributed by atoms with van der Waals surface area (Å²) in [6, 6.07) is 0.280. The normalized spacial score (nSPS) is 55.6. The molecule has 1 radical (unpaired) electrons. The lowest BCUT2D eigenvalue weighted by atomic mass is 9.76. The van der Waals surface area contributed by atoms with E-state index in [-0.39, 0.29) is 17.9 Å². The first-order chi connectivity index (χ1) is 8.35. The number of aliphatic hydroxyl groups excluding tert-OH is 1. The van der Waals surface area contributed by atoms with Crippen molar-refractivity contribution in [3.05, 3.63) is 6.42 Å². The smallest absolute Gasteiger partial charge is 0.232 e. The van der Waals surface area contributed by atoms with E-state index in [9.17, 15) is 9.90 Å². The maximum atomic E-state index is 12.2. The summed E-state index contributed by atoms with van der Waals surface area (Å²) in [5, 5.41) is 13.6. The molecule has 3 fully saturated rings. The SMILES string of the molecule is CC1[CH]C2(C)OC3C(C(=O)N(C)C3O)C2NC1C. The summed E-state index contributed by atoms with van der Waals surface area (Å²) in [6.07, 6.45) is 0.932. The van der Waals surface area contributed by atoms with E-state index in [2.05, 4.69) is 25.6 Å². The second-order valence-electron chi connectivity index (χ2n) is 6.11. The third kappa shape index (κ3) is 1.41. The van der Waals surface area contributed by atoms with Gasteiger partial charge in [-0.25, -0.2) is 0 Å². The molecule has 3 saturated heterocycles. The van der Waals surface area contributed by atoms with Crippen molar-refractivity contribution in [2.75, 3.05) is 7.05 Å². The number of carbonyl (C=O) groups is 1. The van der Waals surface area contributed by atoms with Gasteiger partial charge in [-0.1, -0.05) is 6.92 Å². The topological polar surface area (TPSA) is 61.8 Å². The minimum atomic E-state index is -0.828. The molecule has 7 atom stereocenters. The van der Waals surface area contributed by atoms with Crippen LogP contribution in [-0.4, -0.2) is 53.0 Å². The average Bonchev–Trinajstić information content (AvgIpc) is 2.69. The first-order valence-corrected chi connectivity index (χ1v) is 6.60. The first-order valence-electron chi connectivity index (χ1n) is 6.60. The van der Waals surface area contributed by atoms with Crippen molar-refractivity contribution in [1.29, 1.82) is 0 Å². The van der Waals surface area contributed by atoms with E-state index in [0.717, 1.165) is 0 Å². The van der Waals surface area contributed by atoms with Crippen molar-refractivity contribution in [2.45, 2.75) is 50.8 Å². The Labute approximate surface area is 107 Å². The zero-order chi connectivity index (χ0) is 13.2. The third-order valence-corrected chi connectivity index (χ3v) is 4.87. The van der Waals surface area contributed by atoms with Crippen LogP contribution in [0.25, 0.3) is 0 Å². The highest BCUT2D eigenvalue weighted by Gasteiger charge is 2.64. The summed E-state index contributed by atoms with van der Waals surface area (Å²) in [6.45, 7) is 6.26. The molecule has 2 N–H and O–H groups in total. The number of nitrogens with zero attached hydrogens (tertiary/aromatic N) is 1. The second-order valence-corrected chi connectivity index (χ2v) is 6.11. The summed E-state index contributed by atoms with van der Waals surface area (Å²) in [7, 11) is 1.63. The van der Waals surface area contributed by atoms with Gasteiger partial charge in [0.05, 0.1) is 17.6 Å². The summed E-state index contributed by atoms with van der Waals surface area (Å²) < 4.78 is 6.02. The van der Waals surface area contributed by atoms with Crippen LogP contribution in [0.2, 0.25) is 0 Å². The van der Waals surface area contributed by atoms with Crippen molar-refractivity contribution >= 4 is 5.91 Å². The van der Waals surface area contributed by atoms with Gasteiger partial charge in [0.1, 0.15) is 6.10 Å². The van der Waals surface area contributed by atoms with Crippen LogP contribution in [0.15, 0.2) is 0 Å². The summed E-state index contributed by atoms with van der Waals surface area (Å²) in [5.74, 6) is 0.0835. The zero-order valence-electron chi connectivity index (χ0n) is 11.3. The highest BCUT2D eigenvalue weighted by molar-refractivity contribution is 5.83. The molecule has 3 aliphatic rings. The predicted octanol–water partition coefficient (Wildman–Crippen LogP) is -0.249. The fraction of sp³-hybridized carbons (Fsp3) is 0.846. The number of hydrogen-bond donors (Lipinski definition) is 2. The highest BCUT2D eigenvalue weighted by Crippen LogP contribution is 2.47. The number of amides is 1. The van der Waals surface area contributed by atoms with Crippen LogP contribution in [0, 0.1) is 18.3 Å². The van der Waals surface area contributed by atoms with E-state index in [1.807, 2.05) is 6.92 Å². The Kier molecular flexibility index (Phi) is 2.53. The number of aliphatic hydroxyl groups is 1. The number of carbonyl (C=O) groups excluding carboxylic acids is 1. The van der Waals surface area contributed by atoms with Crippen LogP contribution in [0.3, 0.4) is 0 Å². The van der Waals surface area contributed by atoms with Crippen molar-refractivity contribution in [3.8, 4) is 0 Å². The third-order valence-electron chi connectivity index (χ3n) is 4.87. The summed E-state index contributed by atoms with van der Waals surface area (Å²) >= 11 is 0. The molecule has 101 valence electrons. The lowest BCUT2D eigenvalue weighted by Gasteiger charge is -2.44. The van der Waals surface area contributed by atoms with E-state index in [1.54, 1.807) is 7.05 Å². The molecule has 0 aromatic carbocycles. The van der Waals surface area contributed by atoms with Crippen molar-refractivity contribution in [3.63, 3.8) is 0 Å². The number of likely N-dealkylation sites (N-methyl/N-ethyl adjacent to an activating group) is 1. The van der Waals surface area contributed by atoms with Crippen LogP contribution in [0.5, 0.6) is 0 Å². The Morgan fingerprint density at radius 3 is 2.83 bits per heavy atom. The standard InChI is InChI=1S/C13H21N2O3/c1-6-5-13(3)10(14-7(6)2)8-9(18-13)12(17)15(4)11(8)16/h5-10,12,14,17H,1-4H3. The number of ether oxygens (including phenoxy) is 1. The van der Waals surface area contributed by atoms with Crippen LogP contribution in [-0.2, 0) is 9.53 Å². The molecule has 0 aromatic rings. The lowest BCUT2D eigenvalue weighted by Crippen LogP contribution is -2.61. The Bertz CT molecular complexity index is 388. The van der Waals surface area contributed by atoms with Gasteiger partial charge in [0, 0.05) is 13.1 Å². The molecule has 0 aliphatic carbocycles. The Hall–Kier alpha value is -0.650. The van der Waals surface area contributed by atoms with E-state index in [1.165, 1.54) is 4.90 Å². The van der Waals surface area contributed by atoms with Crippen LogP contribution in [0.1, 0.15) is 20.8 Å². The fourth-order valence-electron chi connectivity index (χ4n) is 3.61. The van der Waals surface area contributed by atoms with Gasteiger partial charge in [0.2, 0.25) is 5.91 Å². The number of hydrogen-bond acceptors (Lipinski definition) is 4. The predicted molar refractivity (Wildman–Crippen MR) is 65.4 cm³/mol. The molecule has 0 aromatic heterocycles. The van der Waals surface area contributed by atoms with Gasteiger partial charge >= 0.3 is 0 Å². The van der Waals surface area contributed by atoms with Crippen molar-refractivity contribution in [1.82, 2.24) is 10.2 Å². The van der Waals surface area contributed by atoms with Crippen molar-refractivity contribution in [2.24, 2.45) is 11.8 Å². The molecular formula is C13H21N2O3. The van der Waals surface area contributed by atoms with Gasteiger partial charge in [0.25, 0.3) is 0 Å². The molecule has 5 heteroatoms. The van der Waals surface area contributed by atoms with Crippen LogP contribution in [0.4, 0.5) is 0 Å². The first kappa shape index (κ1) is 12.4. The van der Waals surface area contributed by atoms with Gasteiger partial charge < -0.3 is 20.1 Å². The Balaban J connectivity index is 1.93. The molecule has 0 bridgehead atoms. The zero-order valence-corrected chi connectivity index (χ0v) is 11.3. The maximum Gasteiger partial charge on any atom is 0.232 e. The monoisotopic (exact) mass is 253 g/mol. The quantitative estimate of drug-likeness (QED) is 0.625. The maximum absolute atomic E-state index is 12.2. The minimum Gasteiger partial charge on any atom is -0.371 e. The molecule has 1 amide bonds. The number of rotatable bonds is 0. The molecule has 3 heterocycles. The molecule has 7 unspecified atom stereocenters. The van der Waals surface area contributed by atoms with E-state index >= 15 is 0 Å². The van der Waals surface area contributed by atoms with Gasteiger partial charge in [-0.15, -0.1) is 0 Å². The number of fused-ring (bicyclic) bond motifs is 3. The van der Waals surface area contributed by atoms with Gasteiger partial charge in [-0.2, -0.15) is 0 Å². The summed E-state index contributed by atoms with van der Waals surface area (Å²) in [5.41, 5.74) is -0.459. The highest BCUT2D eigenvalue weighted by atomic mass is 16.5. The van der Waals surface area contributed by atoms with Crippen molar-refractivity contribution < 1.29 is 14.6 Å². The van der Waals surface area contributed by atoms with Gasteiger partial charge in [-0.3, -0.25) is 4.79 Å².